The second-order valence-corrected chi connectivity index (χ2v) is 6.23. The maximum atomic E-state index is 14.4. The van der Waals surface area contributed by atoms with Crippen molar-refractivity contribution in [1.82, 2.24) is 9.88 Å². The van der Waals surface area contributed by atoms with E-state index in [9.17, 15) is 18.4 Å². The second kappa shape index (κ2) is 8.85. The van der Waals surface area contributed by atoms with Gasteiger partial charge in [0.15, 0.2) is 5.78 Å². The van der Waals surface area contributed by atoms with Crippen molar-refractivity contribution in [2.24, 2.45) is 5.73 Å². The number of ether oxygens (including phenoxy) is 1. The van der Waals surface area contributed by atoms with Crippen molar-refractivity contribution >= 4 is 17.5 Å². The van der Waals surface area contributed by atoms with Gasteiger partial charge >= 0.3 is 6.03 Å². The number of urea groups is 1. The molecule has 0 radical (unpaired) electrons. The lowest BCUT2D eigenvalue weighted by atomic mass is 10.1. The van der Waals surface area contributed by atoms with Crippen LogP contribution in [0.1, 0.15) is 16.1 Å². The number of rotatable bonds is 5. The van der Waals surface area contributed by atoms with E-state index in [4.69, 9.17) is 10.5 Å². The molecule has 0 bridgehead atoms. The molecule has 148 valence electrons. The first-order valence-electron chi connectivity index (χ1n) is 8.77. The van der Waals surface area contributed by atoms with Gasteiger partial charge in [-0.1, -0.05) is 0 Å². The molecular weight excluding hydrogens is 370 g/mol. The Morgan fingerprint density at radius 1 is 1.18 bits per heavy atom. The first kappa shape index (κ1) is 19.8. The molecule has 1 saturated heterocycles. The molecule has 0 spiro atoms. The fourth-order valence-electron chi connectivity index (χ4n) is 2.84. The summed E-state index contributed by atoms with van der Waals surface area (Å²) in [6.45, 7) is 1.34. The number of Topliss-reactive ketones (excluding diaryl/α,β-unsaturated/α-hetero) is 1. The first-order chi connectivity index (χ1) is 13.5. The summed E-state index contributed by atoms with van der Waals surface area (Å²) in [4.78, 5) is 31.5. The molecule has 2 amide bonds. The van der Waals surface area contributed by atoms with E-state index in [1.54, 1.807) is 17.0 Å². The van der Waals surface area contributed by atoms with Gasteiger partial charge in [-0.05, 0) is 24.3 Å². The Hall–Kier alpha value is -2.91. The normalized spacial score (nSPS) is 14.0. The fourth-order valence-corrected chi connectivity index (χ4v) is 2.84. The van der Waals surface area contributed by atoms with E-state index in [1.807, 2.05) is 0 Å². The molecule has 0 aliphatic carbocycles. The molecule has 2 heterocycles. The van der Waals surface area contributed by atoms with Crippen molar-refractivity contribution in [2.75, 3.05) is 37.7 Å². The van der Waals surface area contributed by atoms with Crippen molar-refractivity contribution < 1.29 is 23.1 Å². The lowest BCUT2D eigenvalue weighted by molar-refractivity contribution is 0.0547. The van der Waals surface area contributed by atoms with E-state index in [-0.39, 0.29) is 24.6 Å². The third-order valence-electron chi connectivity index (χ3n) is 4.37. The van der Waals surface area contributed by atoms with E-state index < -0.39 is 17.7 Å². The molecular formula is C19H20F2N4O3. The molecule has 0 saturated carbocycles. The number of anilines is 1. The molecule has 0 atom stereocenters. The van der Waals surface area contributed by atoms with Gasteiger partial charge in [0, 0.05) is 30.9 Å². The number of nitrogens with zero attached hydrogens (tertiary/aromatic N) is 3. The summed E-state index contributed by atoms with van der Waals surface area (Å²) in [6.07, 6.45) is 1.36. The SMILES string of the molecule is NCC(=O)c1ccc(CN(C(=O)N2CCOCC2)c2ccc(F)cc2F)nc1. The van der Waals surface area contributed by atoms with Gasteiger partial charge in [0.05, 0.1) is 37.7 Å². The van der Waals surface area contributed by atoms with Crippen LogP contribution in [0, 0.1) is 11.6 Å². The van der Waals surface area contributed by atoms with E-state index in [2.05, 4.69) is 4.98 Å². The van der Waals surface area contributed by atoms with Gasteiger partial charge in [-0.3, -0.25) is 14.7 Å². The summed E-state index contributed by atoms with van der Waals surface area (Å²) in [5.74, 6) is -1.84. The van der Waals surface area contributed by atoms with Gasteiger partial charge in [0.1, 0.15) is 11.6 Å². The number of aromatic nitrogens is 1. The molecule has 1 aliphatic rings. The number of hydrogen-bond donors (Lipinski definition) is 1. The van der Waals surface area contributed by atoms with E-state index >= 15 is 0 Å². The Bertz CT molecular complexity index is 855. The minimum absolute atomic E-state index is 0.0458. The number of nitrogens with two attached hydrogens (primary N) is 1. The van der Waals surface area contributed by atoms with Crippen LogP contribution in [0.5, 0.6) is 0 Å². The maximum Gasteiger partial charge on any atom is 0.325 e. The largest absolute Gasteiger partial charge is 0.378 e. The number of carbonyl (C=O) groups is 2. The Balaban J connectivity index is 1.89. The average Bonchev–Trinajstić information content (AvgIpc) is 2.72. The number of pyridine rings is 1. The van der Waals surface area contributed by atoms with Gasteiger partial charge in [-0.15, -0.1) is 0 Å². The van der Waals surface area contributed by atoms with Crippen LogP contribution in [0.3, 0.4) is 0 Å². The van der Waals surface area contributed by atoms with Crippen molar-refractivity contribution in [3.8, 4) is 0 Å². The molecule has 2 aromatic rings. The zero-order valence-corrected chi connectivity index (χ0v) is 15.1. The minimum atomic E-state index is -0.850. The summed E-state index contributed by atoms with van der Waals surface area (Å²) in [5.41, 5.74) is 6.07. The van der Waals surface area contributed by atoms with Gasteiger partial charge in [-0.25, -0.2) is 13.6 Å². The van der Waals surface area contributed by atoms with Crippen LogP contribution >= 0.6 is 0 Å². The van der Waals surface area contributed by atoms with Crippen molar-refractivity contribution in [3.63, 3.8) is 0 Å². The van der Waals surface area contributed by atoms with Gasteiger partial charge in [0.25, 0.3) is 0 Å². The minimum Gasteiger partial charge on any atom is -0.378 e. The van der Waals surface area contributed by atoms with Gasteiger partial charge < -0.3 is 15.4 Å². The zero-order valence-electron chi connectivity index (χ0n) is 15.1. The highest BCUT2D eigenvalue weighted by molar-refractivity contribution is 5.97. The van der Waals surface area contributed by atoms with E-state index in [0.29, 0.717) is 37.6 Å². The van der Waals surface area contributed by atoms with Crippen LogP contribution in [0.4, 0.5) is 19.3 Å². The van der Waals surface area contributed by atoms with Crippen LogP contribution in [0.15, 0.2) is 36.5 Å². The molecule has 1 aromatic heterocycles. The molecule has 3 rings (SSSR count). The Kier molecular flexibility index (Phi) is 6.27. The number of carbonyl (C=O) groups excluding carboxylic acids is 2. The molecule has 1 aromatic carbocycles. The number of hydrogen-bond acceptors (Lipinski definition) is 5. The molecule has 2 N–H and O–H groups in total. The number of amides is 2. The number of morpholine rings is 1. The molecule has 7 nitrogen and oxygen atoms in total. The number of ketones is 1. The molecule has 1 aliphatic heterocycles. The molecule has 1 fully saturated rings. The molecule has 9 heteroatoms. The number of halogens is 2. The lowest BCUT2D eigenvalue weighted by Gasteiger charge is -2.33. The van der Waals surface area contributed by atoms with Crippen LogP contribution < -0.4 is 10.6 Å². The predicted octanol–water partition coefficient (Wildman–Crippen LogP) is 1.96. The standard InChI is InChI=1S/C19H20F2N4O3/c20-14-2-4-17(16(21)9-14)25(19(27)24-5-7-28-8-6-24)12-15-3-1-13(11-23-15)18(26)10-22/h1-4,9,11H,5-8,10,12,22H2. The van der Waals surface area contributed by atoms with Gasteiger partial charge in [0.2, 0.25) is 0 Å². The van der Waals surface area contributed by atoms with Crippen molar-refractivity contribution in [2.45, 2.75) is 6.54 Å². The monoisotopic (exact) mass is 390 g/mol. The van der Waals surface area contributed by atoms with Crippen molar-refractivity contribution in [3.05, 3.63) is 59.4 Å². The summed E-state index contributed by atoms with van der Waals surface area (Å²) < 4.78 is 33.0. The van der Waals surface area contributed by atoms with E-state index in [0.717, 1.165) is 12.1 Å². The highest BCUT2D eigenvalue weighted by Crippen LogP contribution is 2.24. The Morgan fingerprint density at radius 2 is 1.93 bits per heavy atom. The van der Waals surface area contributed by atoms with E-state index in [1.165, 1.54) is 17.2 Å². The zero-order chi connectivity index (χ0) is 20.1. The van der Waals surface area contributed by atoms with Crippen LogP contribution in [-0.4, -0.2) is 54.5 Å². The molecule has 28 heavy (non-hydrogen) atoms. The summed E-state index contributed by atoms with van der Waals surface area (Å²) in [5, 5.41) is 0. The first-order valence-corrected chi connectivity index (χ1v) is 8.77. The Labute approximate surface area is 160 Å². The number of benzene rings is 1. The molecule has 0 unspecified atom stereocenters. The van der Waals surface area contributed by atoms with Crippen molar-refractivity contribution in [1.29, 1.82) is 0 Å². The van der Waals surface area contributed by atoms with Crippen LogP contribution in [0.2, 0.25) is 0 Å². The maximum absolute atomic E-state index is 14.4. The smallest absolute Gasteiger partial charge is 0.325 e. The fraction of sp³-hybridized carbons (Fsp3) is 0.316. The summed E-state index contributed by atoms with van der Waals surface area (Å²) in [7, 11) is 0. The third kappa shape index (κ3) is 4.49. The topological polar surface area (TPSA) is 88.8 Å². The van der Waals surface area contributed by atoms with Gasteiger partial charge in [-0.2, -0.15) is 0 Å². The van der Waals surface area contributed by atoms with Crippen LogP contribution in [-0.2, 0) is 11.3 Å². The summed E-state index contributed by atoms with van der Waals surface area (Å²) in [6, 6.07) is 5.73. The average molecular weight is 390 g/mol. The highest BCUT2D eigenvalue weighted by Gasteiger charge is 2.27. The second-order valence-electron chi connectivity index (χ2n) is 6.23. The predicted molar refractivity (Wildman–Crippen MR) is 98.0 cm³/mol. The quantitative estimate of drug-likeness (QED) is 0.789. The third-order valence-corrected chi connectivity index (χ3v) is 4.37. The highest BCUT2D eigenvalue weighted by atomic mass is 19.1. The lowest BCUT2D eigenvalue weighted by Crippen LogP contribution is -2.48. The van der Waals surface area contributed by atoms with Crippen LogP contribution in [0.25, 0.3) is 0 Å². The summed E-state index contributed by atoms with van der Waals surface area (Å²) >= 11 is 0. The Morgan fingerprint density at radius 3 is 2.54 bits per heavy atom.